The van der Waals surface area contributed by atoms with Crippen molar-refractivity contribution < 1.29 is 17.2 Å². The van der Waals surface area contributed by atoms with Gasteiger partial charge in [0.25, 0.3) is 0 Å². The number of hydrogen-bond acceptors (Lipinski definition) is 4. The quantitative estimate of drug-likeness (QED) is 0.456. The van der Waals surface area contributed by atoms with Crippen molar-refractivity contribution in [3.63, 3.8) is 0 Å². The minimum absolute atomic E-state index is 0.0556. The third-order valence-electron chi connectivity index (χ3n) is 5.46. The Morgan fingerprint density at radius 2 is 1.72 bits per heavy atom. The molecule has 1 aliphatic rings. The van der Waals surface area contributed by atoms with E-state index in [-0.39, 0.29) is 10.5 Å². The molecule has 0 spiro atoms. The maximum atomic E-state index is 13.9. The number of nitrogens with one attached hydrogen (secondary N) is 1. The molecule has 0 bridgehead atoms. The standard InChI is InChI=1S/C24H22ClF2NO2S2/c25-22-8-4-17-9-11-28-12-10-21(17)24(22)31-14-16-1-6-20(7-2-16)32(29,30)15-18-3-5-19(26)13-23(18)27/h1-8,13,28H,9-12,14-15H2. The van der Waals surface area contributed by atoms with E-state index in [0.29, 0.717) is 11.8 Å². The van der Waals surface area contributed by atoms with E-state index in [4.69, 9.17) is 11.6 Å². The zero-order chi connectivity index (χ0) is 22.7. The maximum absolute atomic E-state index is 13.9. The molecule has 32 heavy (non-hydrogen) atoms. The first-order chi connectivity index (χ1) is 15.3. The Balaban J connectivity index is 1.48. The first kappa shape index (κ1) is 23.2. The van der Waals surface area contributed by atoms with Crippen LogP contribution in [-0.4, -0.2) is 21.5 Å². The molecule has 0 fully saturated rings. The molecule has 0 amide bonds. The summed E-state index contributed by atoms with van der Waals surface area (Å²) in [4.78, 5) is 1.18. The van der Waals surface area contributed by atoms with Gasteiger partial charge in [-0.2, -0.15) is 0 Å². The minimum atomic E-state index is -3.75. The normalized spacial score (nSPS) is 14.1. The summed E-state index contributed by atoms with van der Waals surface area (Å²) in [5.74, 6) is -1.48. The molecule has 0 atom stereocenters. The fourth-order valence-corrected chi connectivity index (χ4v) is 6.56. The van der Waals surface area contributed by atoms with Crippen LogP contribution in [0.5, 0.6) is 0 Å². The molecule has 0 saturated carbocycles. The summed E-state index contributed by atoms with van der Waals surface area (Å²) in [7, 11) is -3.75. The van der Waals surface area contributed by atoms with Crippen molar-refractivity contribution in [1.29, 1.82) is 0 Å². The topological polar surface area (TPSA) is 46.2 Å². The molecular weight excluding hydrogens is 472 g/mol. The SMILES string of the molecule is O=S(=O)(Cc1ccc(F)cc1F)c1ccc(CSc2c(Cl)ccc3c2CCNCC3)cc1. The van der Waals surface area contributed by atoms with Crippen LogP contribution in [0.25, 0.3) is 0 Å². The maximum Gasteiger partial charge on any atom is 0.182 e. The van der Waals surface area contributed by atoms with E-state index in [2.05, 4.69) is 11.4 Å². The number of benzene rings is 3. The summed E-state index contributed by atoms with van der Waals surface area (Å²) in [5, 5.41) is 4.14. The Kier molecular flexibility index (Phi) is 7.20. The van der Waals surface area contributed by atoms with Crippen molar-refractivity contribution in [3.8, 4) is 0 Å². The molecule has 1 N–H and O–H groups in total. The third-order valence-corrected chi connectivity index (χ3v) is 8.80. The van der Waals surface area contributed by atoms with Gasteiger partial charge in [-0.1, -0.05) is 35.9 Å². The lowest BCUT2D eigenvalue weighted by molar-refractivity contribution is 0.569. The van der Waals surface area contributed by atoms with Crippen LogP contribution in [0.4, 0.5) is 8.78 Å². The van der Waals surface area contributed by atoms with Gasteiger partial charge in [-0.25, -0.2) is 17.2 Å². The van der Waals surface area contributed by atoms with Gasteiger partial charge in [-0.3, -0.25) is 0 Å². The van der Waals surface area contributed by atoms with Gasteiger partial charge in [-0.05, 0) is 66.9 Å². The summed E-state index contributed by atoms with van der Waals surface area (Å²) in [6.45, 7) is 1.87. The van der Waals surface area contributed by atoms with Crippen molar-refractivity contribution in [1.82, 2.24) is 5.32 Å². The second-order valence-corrected chi connectivity index (χ2v) is 11.1. The molecule has 3 aromatic rings. The predicted octanol–water partition coefficient (Wildman–Crippen LogP) is 5.57. The molecular formula is C24H22ClF2NO2S2. The van der Waals surface area contributed by atoms with Gasteiger partial charge < -0.3 is 5.32 Å². The second-order valence-electron chi connectivity index (χ2n) is 7.69. The van der Waals surface area contributed by atoms with Gasteiger partial charge in [-0.15, -0.1) is 11.8 Å². The minimum Gasteiger partial charge on any atom is -0.316 e. The Labute approximate surface area is 196 Å². The lowest BCUT2D eigenvalue weighted by Crippen LogP contribution is -2.16. The second kappa shape index (κ2) is 9.91. The van der Waals surface area contributed by atoms with E-state index in [0.717, 1.165) is 53.5 Å². The van der Waals surface area contributed by atoms with Crippen molar-refractivity contribution in [2.24, 2.45) is 0 Å². The van der Waals surface area contributed by atoms with Crippen molar-refractivity contribution in [3.05, 3.63) is 93.5 Å². The molecule has 1 aliphatic heterocycles. The number of fused-ring (bicyclic) bond motifs is 1. The van der Waals surface area contributed by atoms with E-state index in [9.17, 15) is 17.2 Å². The Morgan fingerprint density at radius 3 is 2.47 bits per heavy atom. The molecule has 3 aromatic carbocycles. The fourth-order valence-electron chi connectivity index (χ4n) is 3.74. The molecule has 8 heteroatoms. The number of hydrogen-bond donors (Lipinski definition) is 1. The molecule has 3 nitrogen and oxygen atoms in total. The first-order valence-electron chi connectivity index (χ1n) is 10.2. The van der Waals surface area contributed by atoms with Crippen LogP contribution in [0.15, 0.2) is 64.4 Å². The lowest BCUT2D eigenvalue weighted by Gasteiger charge is -2.14. The highest BCUT2D eigenvalue weighted by Crippen LogP contribution is 2.36. The van der Waals surface area contributed by atoms with E-state index < -0.39 is 27.2 Å². The van der Waals surface area contributed by atoms with Crippen LogP contribution in [0, 0.1) is 11.6 Å². The highest BCUT2D eigenvalue weighted by atomic mass is 35.5. The summed E-state index contributed by atoms with van der Waals surface area (Å²) >= 11 is 8.14. The van der Waals surface area contributed by atoms with Gasteiger partial charge >= 0.3 is 0 Å². The number of thioether (sulfide) groups is 1. The summed E-state index contributed by atoms with van der Waals surface area (Å²) in [6, 6.07) is 13.5. The van der Waals surface area contributed by atoms with Crippen molar-refractivity contribution >= 4 is 33.2 Å². The van der Waals surface area contributed by atoms with Crippen LogP contribution in [0.3, 0.4) is 0 Å². The first-order valence-corrected chi connectivity index (χ1v) is 13.2. The molecule has 1 heterocycles. The Hall–Kier alpha value is -1.93. The summed E-state index contributed by atoms with van der Waals surface area (Å²) < 4.78 is 52.3. The molecule has 0 aliphatic carbocycles. The smallest absolute Gasteiger partial charge is 0.182 e. The zero-order valence-electron chi connectivity index (χ0n) is 17.2. The highest BCUT2D eigenvalue weighted by molar-refractivity contribution is 7.98. The average Bonchev–Trinajstić information content (AvgIpc) is 3.01. The fraction of sp³-hybridized carbons (Fsp3) is 0.250. The van der Waals surface area contributed by atoms with E-state index in [1.54, 1.807) is 23.9 Å². The molecule has 0 saturated heterocycles. The van der Waals surface area contributed by atoms with Crippen molar-refractivity contribution in [2.45, 2.75) is 34.1 Å². The lowest BCUT2D eigenvalue weighted by atomic mass is 10.0. The van der Waals surface area contributed by atoms with Gasteiger partial charge in [0.05, 0.1) is 15.7 Å². The number of rotatable bonds is 6. The number of halogens is 3. The van der Waals surface area contributed by atoms with Gasteiger partial charge in [0.1, 0.15) is 11.6 Å². The van der Waals surface area contributed by atoms with Crippen molar-refractivity contribution in [2.75, 3.05) is 13.1 Å². The van der Waals surface area contributed by atoms with Crippen LogP contribution in [0.2, 0.25) is 5.02 Å². The predicted molar refractivity (Wildman–Crippen MR) is 125 cm³/mol. The van der Waals surface area contributed by atoms with Gasteiger partial charge in [0, 0.05) is 22.3 Å². The van der Waals surface area contributed by atoms with Gasteiger partial charge in [0.15, 0.2) is 9.84 Å². The van der Waals surface area contributed by atoms with Crippen LogP contribution < -0.4 is 5.32 Å². The zero-order valence-corrected chi connectivity index (χ0v) is 19.6. The Morgan fingerprint density at radius 1 is 0.969 bits per heavy atom. The highest BCUT2D eigenvalue weighted by Gasteiger charge is 2.19. The largest absolute Gasteiger partial charge is 0.316 e. The van der Waals surface area contributed by atoms with Crippen LogP contribution in [-0.2, 0) is 34.2 Å². The summed E-state index contributed by atoms with van der Waals surface area (Å²) in [5.41, 5.74) is 3.51. The average molecular weight is 494 g/mol. The third kappa shape index (κ3) is 5.34. The number of sulfone groups is 1. The van der Waals surface area contributed by atoms with Crippen LogP contribution in [0.1, 0.15) is 22.3 Å². The molecule has 4 rings (SSSR count). The van der Waals surface area contributed by atoms with Gasteiger partial charge in [0.2, 0.25) is 0 Å². The Bertz CT molecular complexity index is 1230. The summed E-state index contributed by atoms with van der Waals surface area (Å²) in [6.07, 6.45) is 1.90. The molecule has 0 aromatic heterocycles. The van der Waals surface area contributed by atoms with E-state index in [1.807, 2.05) is 6.07 Å². The van der Waals surface area contributed by atoms with E-state index in [1.165, 1.54) is 23.3 Å². The molecule has 0 radical (unpaired) electrons. The van der Waals surface area contributed by atoms with E-state index >= 15 is 0 Å². The molecule has 0 unspecified atom stereocenters. The molecule has 168 valence electrons. The van der Waals surface area contributed by atoms with Crippen LogP contribution >= 0.6 is 23.4 Å². The monoisotopic (exact) mass is 493 g/mol.